The van der Waals surface area contributed by atoms with E-state index in [9.17, 15) is 0 Å². The van der Waals surface area contributed by atoms with E-state index >= 15 is 0 Å². The molecule has 0 amide bonds. The number of nitrogens with zero attached hydrogens (tertiary/aromatic N) is 1. The lowest BCUT2D eigenvalue weighted by atomic mass is 9.90. The molecule has 21 heavy (non-hydrogen) atoms. The van der Waals surface area contributed by atoms with Crippen molar-refractivity contribution < 1.29 is 9.47 Å². The van der Waals surface area contributed by atoms with Crippen LogP contribution < -0.4 is 14.8 Å². The van der Waals surface area contributed by atoms with Crippen LogP contribution in [-0.2, 0) is 0 Å². The van der Waals surface area contributed by atoms with E-state index in [0.29, 0.717) is 12.6 Å². The molecular weight excluding hydrogens is 284 g/mol. The van der Waals surface area contributed by atoms with E-state index in [4.69, 9.17) is 21.7 Å². The SMILES string of the molecule is CCOc1ccc2c(c1)OC1(C)CC2NC(=S)N1C1CC1. The van der Waals surface area contributed by atoms with Crippen molar-refractivity contribution >= 4 is 17.3 Å². The van der Waals surface area contributed by atoms with Crippen molar-refractivity contribution in [2.45, 2.75) is 50.9 Å². The van der Waals surface area contributed by atoms with E-state index in [-0.39, 0.29) is 11.8 Å². The summed E-state index contributed by atoms with van der Waals surface area (Å²) in [6.45, 7) is 4.81. The average Bonchev–Trinajstić information content (AvgIpc) is 3.22. The first-order valence-corrected chi connectivity index (χ1v) is 8.07. The predicted octanol–water partition coefficient (Wildman–Crippen LogP) is 2.98. The van der Waals surface area contributed by atoms with Gasteiger partial charge >= 0.3 is 0 Å². The molecule has 4 rings (SSSR count). The smallest absolute Gasteiger partial charge is 0.184 e. The van der Waals surface area contributed by atoms with Gasteiger partial charge in [0.25, 0.3) is 0 Å². The van der Waals surface area contributed by atoms with Crippen molar-refractivity contribution in [2.75, 3.05) is 6.61 Å². The van der Waals surface area contributed by atoms with Gasteiger partial charge in [-0.25, -0.2) is 0 Å². The monoisotopic (exact) mass is 304 g/mol. The topological polar surface area (TPSA) is 33.7 Å². The molecule has 0 spiro atoms. The van der Waals surface area contributed by atoms with Gasteiger partial charge in [-0.05, 0) is 51.0 Å². The molecule has 0 radical (unpaired) electrons. The van der Waals surface area contributed by atoms with Gasteiger partial charge < -0.3 is 19.7 Å². The van der Waals surface area contributed by atoms with Gasteiger partial charge in [-0.2, -0.15) is 0 Å². The molecule has 4 nitrogen and oxygen atoms in total. The van der Waals surface area contributed by atoms with Crippen molar-refractivity contribution in [3.8, 4) is 11.5 Å². The second-order valence-corrected chi connectivity index (χ2v) is 6.60. The first kappa shape index (κ1) is 13.2. The number of fused-ring (bicyclic) bond motifs is 4. The van der Waals surface area contributed by atoms with Crippen LogP contribution >= 0.6 is 12.2 Å². The Balaban J connectivity index is 1.73. The number of rotatable bonds is 3. The summed E-state index contributed by atoms with van der Waals surface area (Å²) in [5.74, 6) is 1.78. The third-order valence-corrected chi connectivity index (χ3v) is 4.84. The van der Waals surface area contributed by atoms with Crippen LogP contribution in [0.2, 0.25) is 0 Å². The van der Waals surface area contributed by atoms with Crippen molar-refractivity contribution in [2.24, 2.45) is 0 Å². The highest BCUT2D eigenvalue weighted by Crippen LogP contribution is 2.48. The maximum atomic E-state index is 6.38. The number of thiocarbonyl (C=S) groups is 1. The number of nitrogens with one attached hydrogen (secondary N) is 1. The third-order valence-electron chi connectivity index (χ3n) is 4.52. The maximum absolute atomic E-state index is 6.38. The van der Waals surface area contributed by atoms with E-state index in [1.807, 2.05) is 19.1 Å². The van der Waals surface area contributed by atoms with Crippen LogP contribution in [0.25, 0.3) is 0 Å². The van der Waals surface area contributed by atoms with Gasteiger partial charge in [-0.3, -0.25) is 0 Å². The number of ether oxygens (including phenoxy) is 2. The fourth-order valence-electron chi connectivity index (χ4n) is 3.51. The molecule has 2 unspecified atom stereocenters. The molecule has 1 aromatic carbocycles. The fraction of sp³-hybridized carbons (Fsp3) is 0.562. The van der Waals surface area contributed by atoms with Gasteiger partial charge in [0, 0.05) is 24.1 Å². The normalized spacial score (nSPS) is 30.3. The molecule has 2 fully saturated rings. The van der Waals surface area contributed by atoms with Crippen LogP contribution in [0.15, 0.2) is 18.2 Å². The van der Waals surface area contributed by atoms with E-state index < -0.39 is 0 Å². The summed E-state index contributed by atoms with van der Waals surface area (Å²) in [5, 5.41) is 4.32. The number of benzene rings is 1. The molecule has 1 saturated heterocycles. The third kappa shape index (κ3) is 2.06. The summed E-state index contributed by atoms with van der Waals surface area (Å²) >= 11 is 5.58. The Kier molecular flexibility index (Phi) is 2.83. The highest BCUT2D eigenvalue weighted by atomic mass is 32.1. The molecule has 3 aliphatic rings. The highest BCUT2D eigenvalue weighted by molar-refractivity contribution is 7.80. The zero-order valence-corrected chi connectivity index (χ0v) is 13.2. The van der Waals surface area contributed by atoms with E-state index in [0.717, 1.165) is 23.0 Å². The van der Waals surface area contributed by atoms with Crippen LogP contribution in [0.3, 0.4) is 0 Å². The highest BCUT2D eigenvalue weighted by Gasteiger charge is 2.52. The van der Waals surface area contributed by atoms with Gasteiger partial charge in [0.05, 0.1) is 12.6 Å². The molecule has 0 aromatic heterocycles. The van der Waals surface area contributed by atoms with Crippen LogP contribution in [-0.4, -0.2) is 28.4 Å². The standard InChI is InChI=1S/C16H20N2O2S/c1-3-19-11-6-7-12-13-9-16(2,20-14(12)8-11)18(10-4-5-10)15(21)17-13/h6-8,10,13H,3-5,9H2,1-2H3,(H,17,21). The van der Waals surface area contributed by atoms with Crippen molar-refractivity contribution in [1.82, 2.24) is 10.2 Å². The van der Waals surface area contributed by atoms with E-state index in [2.05, 4.69) is 23.2 Å². The molecular formula is C16H20N2O2S. The minimum Gasteiger partial charge on any atom is -0.494 e. The van der Waals surface area contributed by atoms with Gasteiger partial charge in [0.15, 0.2) is 10.8 Å². The number of hydrogen-bond acceptors (Lipinski definition) is 3. The minimum absolute atomic E-state index is 0.233. The molecule has 2 atom stereocenters. The molecule has 2 heterocycles. The second kappa shape index (κ2) is 4.50. The lowest BCUT2D eigenvalue weighted by Crippen LogP contribution is -2.65. The molecule has 2 bridgehead atoms. The Morgan fingerprint density at radius 3 is 3.00 bits per heavy atom. The summed E-state index contributed by atoms with van der Waals surface area (Å²) in [6.07, 6.45) is 3.33. The van der Waals surface area contributed by atoms with Gasteiger partial charge in [0.1, 0.15) is 11.5 Å². The molecule has 5 heteroatoms. The average molecular weight is 304 g/mol. The maximum Gasteiger partial charge on any atom is 0.184 e. The first-order valence-electron chi connectivity index (χ1n) is 7.66. The number of hydrogen-bond donors (Lipinski definition) is 1. The van der Waals surface area contributed by atoms with Crippen molar-refractivity contribution in [3.63, 3.8) is 0 Å². The molecule has 1 N–H and O–H groups in total. The quantitative estimate of drug-likeness (QED) is 0.868. The van der Waals surface area contributed by atoms with Gasteiger partial charge in [-0.1, -0.05) is 0 Å². The van der Waals surface area contributed by atoms with E-state index in [1.165, 1.54) is 18.4 Å². The Morgan fingerprint density at radius 2 is 2.29 bits per heavy atom. The zero-order chi connectivity index (χ0) is 14.6. The lowest BCUT2D eigenvalue weighted by Gasteiger charge is -2.52. The summed E-state index contributed by atoms with van der Waals surface area (Å²) in [6, 6.07) is 6.87. The summed E-state index contributed by atoms with van der Waals surface area (Å²) in [7, 11) is 0. The van der Waals surface area contributed by atoms with Crippen molar-refractivity contribution in [3.05, 3.63) is 23.8 Å². The summed E-state index contributed by atoms with van der Waals surface area (Å²) in [5.41, 5.74) is 0.833. The predicted molar refractivity (Wildman–Crippen MR) is 84.6 cm³/mol. The Labute approximate surface area is 130 Å². The molecule has 1 aliphatic carbocycles. The largest absolute Gasteiger partial charge is 0.494 e. The minimum atomic E-state index is -0.341. The molecule has 2 aliphatic heterocycles. The first-order chi connectivity index (χ1) is 10.1. The molecule has 1 aromatic rings. The molecule has 1 saturated carbocycles. The summed E-state index contributed by atoms with van der Waals surface area (Å²) < 4.78 is 12.0. The van der Waals surface area contributed by atoms with E-state index in [1.54, 1.807) is 0 Å². The van der Waals surface area contributed by atoms with Crippen LogP contribution in [0.1, 0.15) is 44.7 Å². The van der Waals surface area contributed by atoms with Gasteiger partial charge in [-0.15, -0.1) is 0 Å². The summed E-state index contributed by atoms with van der Waals surface area (Å²) in [4.78, 5) is 2.26. The molecule has 112 valence electrons. The fourth-order valence-corrected chi connectivity index (χ4v) is 3.99. The van der Waals surface area contributed by atoms with Crippen LogP contribution in [0, 0.1) is 0 Å². The van der Waals surface area contributed by atoms with Gasteiger partial charge in [0.2, 0.25) is 0 Å². The zero-order valence-electron chi connectivity index (χ0n) is 12.4. The lowest BCUT2D eigenvalue weighted by molar-refractivity contribution is -0.0722. The Hall–Kier alpha value is -1.49. The van der Waals surface area contributed by atoms with Crippen molar-refractivity contribution in [1.29, 1.82) is 0 Å². The van der Waals surface area contributed by atoms with Crippen LogP contribution in [0.5, 0.6) is 11.5 Å². The Morgan fingerprint density at radius 1 is 1.48 bits per heavy atom. The Bertz CT molecular complexity index is 602. The second-order valence-electron chi connectivity index (χ2n) is 6.22. The van der Waals surface area contributed by atoms with Crippen LogP contribution in [0.4, 0.5) is 0 Å².